The zero-order valence-corrected chi connectivity index (χ0v) is 89.5. The van der Waals surface area contributed by atoms with Gasteiger partial charge in [0.2, 0.25) is 0 Å². The van der Waals surface area contributed by atoms with E-state index < -0.39 is 0 Å². The summed E-state index contributed by atoms with van der Waals surface area (Å²) in [6.07, 6.45) is 13.8. The fourth-order valence-corrected chi connectivity index (χ4v) is 24.9. The Morgan fingerprint density at radius 2 is 0.564 bits per heavy atom. The van der Waals surface area contributed by atoms with Crippen LogP contribution in [-0.4, -0.2) is 238 Å². The third-order valence-electron chi connectivity index (χ3n) is 23.9. The zero-order chi connectivity index (χ0) is 99.3. The molecule has 752 valence electrons. The number of aromatic nitrogens is 12. The summed E-state index contributed by atoms with van der Waals surface area (Å²) in [5, 5.41) is 6.47. The molecule has 0 saturated carbocycles. The molecule has 0 aliphatic carbocycles. The molecule has 0 spiro atoms. The van der Waals surface area contributed by atoms with Crippen LogP contribution in [0.5, 0.6) is 46.0 Å². The lowest BCUT2D eigenvalue weighted by Crippen LogP contribution is -2.45. The molecule has 4 aliphatic heterocycles. The Hall–Kier alpha value is -10.1. The number of piperidine rings is 2. The average Bonchev–Trinajstić information content (AvgIpc) is 1.67. The normalized spacial score (nSPS) is 15.2. The van der Waals surface area contributed by atoms with Gasteiger partial charge >= 0.3 is 0 Å². The van der Waals surface area contributed by atoms with Crippen LogP contribution in [0.15, 0.2) is 118 Å². The maximum atomic E-state index is 6.18. The Bertz CT molecular complexity index is 5710. The molecule has 4 saturated heterocycles. The highest BCUT2D eigenvalue weighted by Crippen LogP contribution is 2.48. The van der Waals surface area contributed by atoms with Crippen LogP contribution in [0.4, 0.5) is 40.7 Å². The Morgan fingerprint density at radius 1 is 0.307 bits per heavy atom. The Morgan fingerprint density at radius 3 is 0.821 bits per heavy atom. The highest BCUT2D eigenvalue weighted by Gasteiger charge is 2.29. The summed E-state index contributed by atoms with van der Waals surface area (Å²) in [5.41, 5.74) is 50.1. The van der Waals surface area contributed by atoms with E-state index in [1.807, 2.05) is 67.6 Å². The summed E-state index contributed by atoms with van der Waals surface area (Å²) in [4.78, 5) is 72.0. The van der Waals surface area contributed by atoms with Crippen molar-refractivity contribution in [3.63, 3.8) is 0 Å². The molecule has 16 rings (SSSR count). The van der Waals surface area contributed by atoms with Gasteiger partial charge in [0.1, 0.15) is 87.2 Å². The van der Waals surface area contributed by atoms with Crippen molar-refractivity contribution in [1.29, 1.82) is 0 Å². The number of piperazine rings is 1. The summed E-state index contributed by atoms with van der Waals surface area (Å²) in [7, 11) is 8.86. The molecule has 4 aromatic carbocycles. The lowest BCUT2D eigenvalue weighted by atomic mass is 10.1. The number of hydrogen-bond acceptors (Lipinski definition) is 40. The minimum absolute atomic E-state index is 0.0451. The first-order valence-corrected chi connectivity index (χ1v) is 54.8. The molecule has 140 heavy (non-hydrogen) atoms. The number of methoxy groups -OCH3 is 4. The van der Waals surface area contributed by atoms with Gasteiger partial charge < -0.3 is 82.9 Å². The number of hydrogen-bond donors (Lipinski definition) is 7. The Balaban J connectivity index is 0.000000157. The molecule has 4 atom stereocenters. The van der Waals surface area contributed by atoms with E-state index in [2.05, 4.69) is 139 Å². The first-order chi connectivity index (χ1) is 67.7. The summed E-state index contributed by atoms with van der Waals surface area (Å²) in [6, 6.07) is 30.6. The number of thioether (sulfide) groups is 4. The fraction of sp³-hybridized carbons (Fsp3) is 0.480. The van der Waals surface area contributed by atoms with Crippen molar-refractivity contribution in [3.05, 3.63) is 145 Å². The smallest absolute Gasteiger partial charge is 0.192 e. The summed E-state index contributed by atoms with van der Waals surface area (Å²) in [6.45, 7) is 36.6. The first-order valence-electron chi connectivity index (χ1n) is 48.0. The minimum Gasteiger partial charge on any atom is -0.493 e. The van der Waals surface area contributed by atoms with E-state index in [1.54, 1.807) is 110 Å². The van der Waals surface area contributed by atoms with E-state index in [0.29, 0.717) is 87.8 Å². The Kier molecular flexibility index (Phi) is 40.8. The number of rotatable bonds is 41. The van der Waals surface area contributed by atoms with Crippen molar-refractivity contribution in [1.82, 2.24) is 84.3 Å². The molecule has 0 radical (unpaired) electrons. The van der Waals surface area contributed by atoms with E-state index in [-0.39, 0.29) is 21.0 Å². The number of benzene rings is 4. The van der Waals surface area contributed by atoms with Crippen molar-refractivity contribution < 1.29 is 37.9 Å². The van der Waals surface area contributed by atoms with Crippen molar-refractivity contribution in [2.75, 3.05) is 194 Å². The first kappa shape index (κ1) is 107. The standard InChI is InChI=1S/C25H35N7O2S2.2C25H34N6O2S2.C25H33N5O2S2/c1-5-20-23(16(2)35-25-28-21(26)15-22(27)29-25)30-24(36-20)17-6-7-18(33-4)19(14-17)34-13-12-32-10-8-31(3)9-11-32;2*1-4-20-23(16(2)34-25-28-21(26)15-22(27)29-25)30-24(35-20)17-8-9-18(32-3)19(14-17)33-13-12-31-10-6-5-7-11-31;1-5-7-21-23(17(3)33-25-27-16(2)14-22(26)28-25)29-24(34-21)18-8-9-19(31-4)20(15-18)32-13-12-30-10-6-11-30/h6-7,14-16H,5,8-13H2,1-4H3,(H4,26,27,28,29);2*8-9,14-16H,4-7,10-13H2,1-3H3,(H4,26,27,28,29);8-9,14-15,17H,5-7,10-13H2,1-4H3,(H2,26,27,28). The number of likely N-dealkylation sites (tertiary alicyclic amines) is 3. The number of nitrogen functional groups attached to an aromatic ring is 7. The molecule has 12 heterocycles. The molecule has 32 nitrogen and oxygen atoms in total. The van der Waals surface area contributed by atoms with E-state index in [1.165, 1.54) is 113 Å². The van der Waals surface area contributed by atoms with Crippen LogP contribution in [0.3, 0.4) is 0 Å². The highest BCUT2D eigenvalue weighted by molar-refractivity contribution is 8.00. The van der Waals surface area contributed by atoms with E-state index in [9.17, 15) is 0 Å². The lowest BCUT2D eigenvalue weighted by Gasteiger charge is -2.32. The van der Waals surface area contributed by atoms with Crippen molar-refractivity contribution >= 4 is 133 Å². The van der Waals surface area contributed by atoms with Crippen molar-refractivity contribution in [2.45, 2.75) is 181 Å². The molecule has 0 bridgehead atoms. The second kappa shape index (κ2) is 53.3. The molecule has 0 amide bonds. The number of nitrogens with two attached hydrogens (primary N) is 7. The molecular formula is C100H136N24O8S8. The number of aryl methyl sites for hydroxylation is 5. The second-order valence-corrected chi connectivity index (χ2v) is 43.9. The minimum atomic E-state index is 0.0451. The average molecular weight is 2060 g/mol. The molecular weight excluding hydrogens is 1920 g/mol. The maximum absolute atomic E-state index is 6.18. The van der Waals surface area contributed by atoms with Crippen molar-refractivity contribution in [3.8, 4) is 88.3 Å². The number of nitrogens with zero attached hydrogens (tertiary/aromatic N) is 17. The molecule has 12 aromatic rings. The van der Waals surface area contributed by atoms with Gasteiger partial charge in [-0.3, -0.25) is 19.6 Å². The monoisotopic (exact) mass is 2060 g/mol. The summed E-state index contributed by atoms with van der Waals surface area (Å²) in [5.74, 6) is 8.66. The number of anilines is 7. The van der Waals surface area contributed by atoms with Gasteiger partial charge in [0.25, 0.3) is 0 Å². The van der Waals surface area contributed by atoms with Gasteiger partial charge in [-0.2, -0.15) is 0 Å². The second-order valence-electron chi connectivity index (χ2n) is 34.4. The molecule has 4 unspecified atom stereocenters. The van der Waals surface area contributed by atoms with Crippen LogP contribution < -0.4 is 78.0 Å². The van der Waals surface area contributed by atoms with Gasteiger partial charge in [0.05, 0.1) is 72.2 Å². The zero-order valence-electron chi connectivity index (χ0n) is 82.9. The van der Waals surface area contributed by atoms with Crippen LogP contribution in [0.25, 0.3) is 42.3 Å². The SMILES string of the molecule is CCCc1sc(-c2ccc(OC)c(OCCN3CCC3)c2)nc1C(C)Sc1nc(C)cc(N)n1.CCc1sc(-c2ccc(OC)c(OCCN3CCCCC3)c2)nc1C(C)Sc1nc(N)cc(N)n1.CCc1sc(-c2ccc(OC)c(OCCN3CCCCC3)c2)nc1C(C)Sc1nc(N)cc(N)n1.CCc1sc(-c2ccc(OC)c(OCCN3CCN(C)CC3)c2)nc1C(C)Sc1nc(N)cc(N)n1. The van der Waals surface area contributed by atoms with Crippen LogP contribution in [0.1, 0.15) is 176 Å². The van der Waals surface area contributed by atoms with Gasteiger partial charge in [-0.25, -0.2) is 59.8 Å². The highest BCUT2D eigenvalue weighted by atomic mass is 32.2. The maximum Gasteiger partial charge on any atom is 0.192 e. The third-order valence-corrected chi connectivity index (χ3v) is 32.7. The van der Waals surface area contributed by atoms with E-state index >= 15 is 0 Å². The van der Waals surface area contributed by atoms with Gasteiger partial charge in [-0.05, 0) is 212 Å². The quantitative estimate of drug-likeness (QED) is 0.0138. The van der Waals surface area contributed by atoms with E-state index in [4.69, 9.17) is 98.0 Å². The van der Waals surface area contributed by atoms with Gasteiger partial charge in [0, 0.05) is 124 Å². The van der Waals surface area contributed by atoms with Crippen LogP contribution >= 0.6 is 92.4 Å². The van der Waals surface area contributed by atoms with Gasteiger partial charge in [0.15, 0.2) is 66.6 Å². The predicted octanol–water partition coefficient (Wildman–Crippen LogP) is 19.3. The number of thiazole rings is 4. The van der Waals surface area contributed by atoms with Gasteiger partial charge in [-0.15, -0.1) is 45.3 Å². The number of likely N-dealkylation sites (N-methyl/N-ethyl adjacent to an activating group) is 1. The van der Waals surface area contributed by atoms with Crippen LogP contribution in [-0.2, 0) is 25.7 Å². The Labute approximate surface area is 856 Å². The third kappa shape index (κ3) is 30.7. The van der Waals surface area contributed by atoms with Crippen LogP contribution in [0.2, 0.25) is 0 Å². The summed E-state index contributed by atoms with van der Waals surface area (Å²) < 4.78 is 46.9. The molecule has 4 fully saturated rings. The van der Waals surface area contributed by atoms with E-state index in [0.717, 1.165) is 227 Å². The number of ether oxygens (including phenoxy) is 8. The molecule has 40 heteroatoms. The lowest BCUT2D eigenvalue weighted by molar-refractivity contribution is 0.133. The fourth-order valence-electron chi connectivity index (χ4n) is 16.3. The molecule has 4 aliphatic rings. The molecule has 14 N–H and O–H groups in total. The predicted molar refractivity (Wildman–Crippen MR) is 577 cm³/mol. The van der Waals surface area contributed by atoms with Crippen LogP contribution in [0, 0.1) is 6.92 Å². The summed E-state index contributed by atoms with van der Waals surface area (Å²) >= 11 is 13.0. The van der Waals surface area contributed by atoms with Crippen molar-refractivity contribution in [2.24, 2.45) is 0 Å². The molecule has 8 aromatic heterocycles. The largest absolute Gasteiger partial charge is 0.493 e. The topological polar surface area (TPSA) is 427 Å². The van der Waals surface area contributed by atoms with Gasteiger partial charge in [-0.1, -0.05) is 94.0 Å².